The van der Waals surface area contributed by atoms with Crippen molar-refractivity contribution in [1.29, 1.82) is 0 Å². The van der Waals surface area contributed by atoms with E-state index in [0.29, 0.717) is 25.9 Å². The molecule has 0 bridgehead atoms. The lowest BCUT2D eigenvalue weighted by atomic mass is 10.1. The Balaban J connectivity index is 1.83. The van der Waals surface area contributed by atoms with Gasteiger partial charge in [-0.3, -0.25) is 4.79 Å². The molecule has 1 aliphatic heterocycles. The van der Waals surface area contributed by atoms with Gasteiger partial charge in [-0.25, -0.2) is 0 Å². The standard InChI is InChI=1S/C12H18N2O3/c1-14(10-7-13-8-11(10)15)12(16)5-4-9-3-2-6-17-9/h2-3,6,10-11,13,15H,4-5,7-8H2,1H3/t10-,11-/m0/s1. The molecule has 17 heavy (non-hydrogen) atoms. The van der Waals surface area contributed by atoms with Gasteiger partial charge >= 0.3 is 0 Å². The van der Waals surface area contributed by atoms with Gasteiger partial charge < -0.3 is 19.7 Å². The number of β-amino-alcohol motifs (C(OH)–C–C–N with tert-alkyl or cyclic N) is 1. The zero-order valence-electron chi connectivity index (χ0n) is 9.93. The normalized spacial score (nSPS) is 23.9. The maximum Gasteiger partial charge on any atom is 0.223 e. The van der Waals surface area contributed by atoms with Gasteiger partial charge in [0.2, 0.25) is 5.91 Å². The second-order valence-corrected chi connectivity index (χ2v) is 4.38. The monoisotopic (exact) mass is 238 g/mol. The summed E-state index contributed by atoms with van der Waals surface area (Å²) in [6, 6.07) is 3.56. The van der Waals surface area contributed by atoms with Crippen LogP contribution in [0.2, 0.25) is 0 Å². The van der Waals surface area contributed by atoms with Crippen molar-refractivity contribution in [2.75, 3.05) is 20.1 Å². The molecule has 5 heteroatoms. The summed E-state index contributed by atoms with van der Waals surface area (Å²) < 4.78 is 5.18. The first kappa shape index (κ1) is 12.1. The second kappa shape index (κ2) is 5.33. The smallest absolute Gasteiger partial charge is 0.223 e. The van der Waals surface area contributed by atoms with Crippen molar-refractivity contribution in [3.63, 3.8) is 0 Å². The molecule has 2 atom stereocenters. The zero-order valence-corrected chi connectivity index (χ0v) is 9.93. The first-order valence-electron chi connectivity index (χ1n) is 5.85. The lowest BCUT2D eigenvalue weighted by molar-refractivity contribution is -0.133. The van der Waals surface area contributed by atoms with Gasteiger partial charge in [0.25, 0.3) is 0 Å². The summed E-state index contributed by atoms with van der Waals surface area (Å²) in [5.74, 6) is 0.853. The zero-order chi connectivity index (χ0) is 12.3. The van der Waals surface area contributed by atoms with Crippen molar-refractivity contribution in [3.05, 3.63) is 24.2 Å². The van der Waals surface area contributed by atoms with Gasteiger partial charge in [0.15, 0.2) is 0 Å². The van der Waals surface area contributed by atoms with Crippen molar-refractivity contribution in [2.24, 2.45) is 0 Å². The molecule has 2 N–H and O–H groups in total. The summed E-state index contributed by atoms with van der Waals surface area (Å²) in [4.78, 5) is 13.5. The van der Waals surface area contributed by atoms with Crippen molar-refractivity contribution in [3.8, 4) is 0 Å². The largest absolute Gasteiger partial charge is 0.469 e. The van der Waals surface area contributed by atoms with E-state index in [9.17, 15) is 9.90 Å². The third-order valence-electron chi connectivity index (χ3n) is 3.21. The van der Waals surface area contributed by atoms with E-state index in [0.717, 1.165) is 5.76 Å². The molecule has 94 valence electrons. The second-order valence-electron chi connectivity index (χ2n) is 4.38. The molecule has 0 unspecified atom stereocenters. The number of furan rings is 1. The van der Waals surface area contributed by atoms with E-state index >= 15 is 0 Å². The van der Waals surface area contributed by atoms with Crippen LogP contribution in [0.15, 0.2) is 22.8 Å². The van der Waals surface area contributed by atoms with Crippen LogP contribution in [-0.2, 0) is 11.2 Å². The Morgan fingerprint density at radius 3 is 3.06 bits per heavy atom. The van der Waals surface area contributed by atoms with Gasteiger partial charge in [-0.15, -0.1) is 0 Å². The Bertz CT molecular complexity index is 364. The maximum absolute atomic E-state index is 11.9. The molecule has 1 aromatic heterocycles. The molecular formula is C12H18N2O3. The molecule has 2 heterocycles. The number of aryl methyl sites for hydroxylation is 1. The Morgan fingerprint density at radius 1 is 1.65 bits per heavy atom. The Hall–Kier alpha value is -1.33. The molecule has 1 saturated heterocycles. The number of amides is 1. The molecule has 1 aromatic rings. The van der Waals surface area contributed by atoms with Crippen molar-refractivity contribution >= 4 is 5.91 Å². The quantitative estimate of drug-likeness (QED) is 0.775. The molecule has 2 rings (SSSR count). The third kappa shape index (κ3) is 2.87. The Morgan fingerprint density at radius 2 is 2.47 bits per heavy atom. The van der Waals surface area contributed by atoms with E-state index in [1.165, 1.54) is 0 Å². The number of aliphatic hydroxyl groups excluding tert-OH is 1. The van der Waals surface area contributed by atoms with E-state index in [1.54, 1.807) is 18.2 Å². The van der Waals surface area contributed by atoms with Crippen LogP contribution in [0.1, 0.15) is 12.2 Å². The molecule has 1 fully saturated rings. The molecular weight excluding hydrogens is 220 g/mol. The summed E-state index contributed by atoms with van der Waals surface area (Å²) in [6.45, 7) is 1.21. The molecule has 1 amide bonds. The molecule has 0 radical (unpaired) electrons. The highest BCUT2D eigenvalue weighted by Crippen LogP contribution is 2.11. The summed E-state index contributed by atoms with van der Waals surface area (Å²) in [5.41, 5.74) is 0. The van der Waals surface area contributed by atoms with Gasteiger partial charge in [0.1, 0.15) is 5.76 Å². The van der Waals surface area contributed by atoms with Gasteiger partial charge in [0.05, 0.1) is 18.4 Å². The van der Waals surface area contributed by atoms with E-state index < -0.39 is 6.10 Å². The lowest BCUT2D eigenvalue weighted by Crippen LogP contribution is -2.44. The highest BCUT2D eigenvalue weighted by atomic mass is 16.3. The van der Waals surface area contributed by atoms with Gasteiger partial charge in [0, 0.05) is 33.0 Å². The van der Waals surface area contributed by atoms with Crippen molar-refractivity contribution in [1.82, 2.24) is 10.2 Å². The molecule has 0 aliphatic carbocycles. The fraction of sp³-hybridized carbons (Fsp3) is 0.583. The summed E-state index contributed by atoms with van der Waals surface area (Å²) in [5, 5.41) is 12.8. The van der Waals surface area contributed by atoms with E-state index in [2.05, 4.69) is 5.32 Å². The number of likely N-dealkylation sites (N-methyl/N-ethyl adjacent to an activating group) is 1. The summed E-state index contributed by atoms with van der Waals surface area (Å²) in [6.07, 6.45) is 2.15. The van der Waals surface area contributed by atoms with Gasteiger partial charge in [-0.1, -0.05) is 0 Å². The Labute approximate surface area is 100 Å². The first-order valence-corrected chi connectivity index (χ1v) is 5.85. The topological polar surface area (TPSA) is 65.7 Å². The molecule has 0 aromatic carbocycles. The molecule has 5 nitrogen and oxygen atoms in total. The minimum absolute atomic E-state index is 0.0362. The van der Waals surface area contributed by atoms with Crippen LogP contribution in [0.4, 0.5) is 0 Å². The minimum atomic E-state index is -0.465. The fourth-order valence-electron chi connectivity index (χ4n) is 2.09. The number of carbonyl (C=O) groups is 1. The van der Waals surface area contributed by atoms with Gasteiger partial charge in [-0.2, -0.15) is 0 Å². The van der Waals surface area contributed by atoms with E-state index in [-0.39, 0.29) is 11.9 Å². The van der Waals surface area contributed by atoms with Crippen LogP contribution >= 0.6 is 0 Å². The number of carbonyl (C=O) groups excluding carboxylic acids is 1. The van der Waals surface area contributed by atoms with E-state index in [1.807, 2.05) is 12.1 Å². The number of rotatable bonds is 4. The SMILES string of the molecule is CN(C(=O)CCc1ccco1)[C@H]1CNC[C@@H]1O. The van der Waals surface area contributed by atoms with Crippen LogP contribution in [-0.4, -0.2) is 48.2 Å². The summed E-state index contributed by atoms with van der Waals surface area (Å²) in [7, 11) is 1.74. The average Bonchev–Trinajstić information content (AvgIpc) is 2.95. The lowest BCUT2D eigenvalue weighted by Gasteiger charge is -2.26. The molecule has 0 spiro atoms. The van der Waals surface area contributed by atoms with Crippen LogP contribution in [0, 0.1) is 0 Å². The predicted octanol–water partition coefficient (Wildman–Crippen LogP) is 0.00330. The van der Waals surface area contributed by atoms with Crippen molar-refractivity contribution in [2.45, 2.75) is 25.0 Å². The number of nitrogens with zero attached hydrogens (tertiary/aromatic N) is 1. The number of aliphatic hydroxyl groups is 1. The van der Waals surface area contributed by atoms with Crippen LogP contribution in [0.25, 0.3) is 0 Å². The Kier molecular flexibility index (Phi) is 3.81. The predicted molar refractivity (Wildman–Crippen MR) is 62.5 cm³/mol. The number of nitrogens with one attached hydrogen (secondary N) is 1. The maximum atomic E-state index is 11.9. The van der Waals surface area contributed by atoms with E-state index in [4.69, 9.17) is 4.42 Å². The molecule has 0 saturated carbocycles. The minimum Gasteiger partial charge on any atom is -0.469 e. The number of hydrogen-bond acceptors (Lipinski definition) is 4. The van der Waals surface area contributed by atoms with Crippen molar-refractivity contribution < 1.29 is 14.3 Å². The highest BCUT2D eigenvalue weighted by Gasteiger charge is 2.30. The van der Waals surface area contributed by atoms with Gasteiger partial charge in [-0.05, 0) is 12.1 Å². The number of hydrogen-bond donors (Lipinski definition) is 2. The highest BCUT2D eigenvalue weighted by molar-refractivity contribution is 5.76. The summed E-state index contributed by atoms with van der Waals surface area (Å²) >= 11 is 0. The first-order chi connectivity index (χ1) is 8.18. The fourth-order valence-corrected chi connectivity index (χ4v) is 2.09. The van der Waals surface area contributed by atoms with Crippen LogP contribution in [0.3, 0.4) is 0 Å². The average molecular weight is 238 g/mol. The third-order valence-corrected chi connectivity index (χ3v) is 3.21. The van der Waals surface area contributed by atoms with Crippen LogP contribution < -0.4 is 5.32 Å². The molecule has 1 aliphatic rings. The van der Waals surface area contributed by atoms with Crippen LogP contribution in [0.5, 0.6) is 0 Å².